The van der Waals surface area contributed by atoms with Crippen LogP contribution in [-0.4, -0.2) is 0 Å². The second kappa shape index (κ2) is 13.4. The van der Waals surface area contributed by atoms with Gasteiger partial charge in [-0.1, -0.05) is 134 Å². The van der Waals surface area contributed by atoms with Crippen molar-refractivity contribution >= 4 is 23.2 Å². The normalized spacial score (nSPS) is 13.7. The third kappa shape index (κ3) is 6.49. The molecule has 5 aromatic rings. The zero-order valence-corrected chi connectivity index (χ0v) is 23.4. The van der Waals surface area contributed by atoms with Gasteiger partial charge in [-0.15, -0.1) is 5.75 Å². The van der Waals surface area contributed by atoms with Crippen LogP contribution in [0.15, 0.2) is 146 Å². The summed E-state index contributed by atoms with van der Waals surface area (Å²) < 4.78 is 0. The van der Waals surface area contributed by atoms with Crippen molar-refractivity contribution in [1.29, 1.82) is 0 Å². The molecule has 0 aliphatic heterocycles. The Morgan fingerprint density at radius 1 is 0.487 bits per heavy atom. The fourth-order valence-corrected chi connectivity index (χ4v) is 10.1. The maximum absolute atomic E-state index is 11.5. The first kappa shape index (κ1) is 26.9. The van der Waals surface area contributed by atoms with Crippen molar-refractivity contribution in [2.75, 3.05) is 0 Å². The van der Waals surface area contributed by atoms with Crippen molar-refractivity contribution < 1.29 is 5.11 Å². The fraction of sp³-hybridized carbons (Fsp3) is 0.189. The lowest BCUT2D eigenvalue weighted by molar-refractivity contribution is -0.269. The van der Waals surface area contributed by atoms with Crippen LogP contribution in [0, 0.1) is 0 Å². The molecular weight excluding hydrogens is 491 g/mol. The molecule has 0 N–H and O–H groups in total. The third-order valence-corrected chi connectivity index (χ3v) is 12.2. The zero-order chi connectivity index (χ0) is 26.8. The number of para-hydroxylation sites is 1. The molecule has 1 aliphatic carbocycles. The predicted octanol–water partition coefficient (Wildman–Crippen LogP) is 7.99. The van der Waals surface area contributed by atoms with Gasteiger partial charge in [0.25, 0.3) is 0 Å². The smallest absolute Gasteiger partial charge is 0.116 e. The SMILES string of the molecule is [O-]c1ccccc1C1CCCCC1.c1ccc(C[P+](c2ccccc2)(c2ccccc2)c2ccccc2)cc1. The van der Waals surface area contributed by atoms with Gasteiger partial charge in [0, 0.05) is 0 Å². The standard InChI is InChI=1S/C25H22P.C12H16O/c1-5-13-22(14-6-1)21-26(23-15-7-2-8-16-23,24-17-9-3-10-18-24)25-19-11-4-12-20-25;13-12-9-5-4-8-11(12)10-6-2-1-3-7-10/h1-20H,21H2;4-5,8-10,13H,1-3,6-7H2/q+1;/p-1. The van der Waals surface area contributed by atoms with Crippen LogP contribution >= 0.6 is 7.26 Å². The summed E-state index contributed by atoms with van der Waals surface area (Å²) in [6.07, 6.45) is 7.37. The molecule has 0 heterocycles. The molecule has 0 atom stereocenters. The summed E-state index contributed by atoms with van der Waals surface area (Å²) >= 11 is 0. The lowest BCUT2D eigenvalue weighted by atomic mass is 9.84. The summed E-state index contributed by atoms with van der Waals surface area (Å²) in [6.45, 7) is 0. The van der Waals surface area contributed by atoms with Gasteiger partial charge in [-0.05, 0) is 60.7 Å². The number of rotatable bonds is 6. The molecular formula is C37H37OP. The zero-order valence-electron chi connectivity index (χ0n) is 22.5. The number of hydrogen-bond donors (Lipinski definition) is 0. The number of benzene rings is 5. The summed E-state index contributed by atoms with van der Waals surface area (Å²) in [5.74, 6) is 0.775. The van der Waals surface area contributed by atoms with Crippen LogP contribution in [0.1, 0.15) is 49.1 Å². The summed E-state index contributed by atoms with van der Waals surface area (Å²) in [6, 6.07) is 51.5. The molecule has 1 nitrogen and oxygen atoms in total. The molecule has 0 unspecified atom stereocenters. The van der Waals surface area contributed by atoms with Crippen molar-refractivity contribution in [1.82, 2.24) is 0 Å². The maximum Gasteiger partial charge on any atom is 0.116 e. The minimum Gasteiger partial charge on any atom is -0.872 e. The highest BCUT2D eigenvalue weighted by Crippen LogP contribution is 2.58. The molecule has 2 heteroatoms. The van der Waals surface area contributed by atoms with E-state index in [-0.39, 0.29) is 5.75 Å². The quantitative estimate of drug-likeness (QED) is 0.205. The van der Waals surface area contributed by atoms with Crippen molar-refractivity contribution in [3.05, 3.63) is 157 Å². The van der Waals surface area contributed by atoms with E-state index in [9.17, 15) is 5.11 Å². The molecule has 0 radical (unpaired) electrons. The summed E-state index contributed by atoms with van der Waals surface area (Å²) in [5.41, 5.74) is 2.43. The molecule has 0 bridgehead atoms. The van der Waals surface area contributed by atoms with E-state index in [1.807, 2.05) is 18.2 Å². The summed E-state index contributed by atoms with van der Waals surface area (Å²) in [4.78, 5) is 0. The molecule has 1 fully saturated rings. The minimum absolute atomic E-state index is 0.231. The maximum atomic E-state index is 11.5. The van der Waals surface area contributed by atoms with Crippen molar-refractivity contribution in [2.24, 2.45) is 0 Å². The van der Waals surface area contributed by atoms with Gasteiger partial charge in [0.2, 0.25) is 0 Å². The van der Waals surface area contributed by atoms with Gasteiger partial charge >= 0.3 is 0 Å². The van der Waals surface area contributed by atoms with Crippen LogP contribution in [0.4, 0.5) is 0 Å². The van der Waals surface area contributed by atoms with Gasteiger partial charge in [-0.3, -0.25) is 0 Å². The summed E-state index contributed by atoms with van der Waals surface area (Å²) in [5, 5.41) is 15.8. The average molecular weight is 529 g/mol. The van der Waals surface area contributed by atoms with E-state index < -0.39 is 7.26 Å². The lowest BCUT2D eigenvalue weighted by Gasteiger charge is -2.27. The fourth-order valence-electron chi connectivity index (χ4n) is 5.86. The average Bonchev–Trinajstić information content (AvgIpc) is 3.03. The largest absolute Gasteiger partial charge is 0.872 e. The van der Waals surface area contributed by atoms with E-state index >= 15 is 0 Å². The van der Waals surface area contributed by atoms with Gasteiger partial charge < -0.3 is 5.11 Å². The molecule has 5 aromatic carbocycles. The summed E-state index contributed by atoms with van der Waals surface area (Å²) in [7, 11) is -1.78. The van der Waals surface area contributed by atoms with E-state index in [1.54, 1.807) is 6.07 Å². The second-order valence-electron chi connectivity index (χ2n) is 10.3. The predicted molar refractivity (Wildman–Crippen MR) is 167 cm³/mol. The molecule has 1 aliphatic rings. The topological polar surface area (TPSA) is 23.1 Å². The van der Waals surface area contributed by atoms with Crippen LogP contribution in [0.5, 0.6) is 5.75 Å². The highest BCUT2D eigenvalue weighted by molar-refractivity contribution is 7.95. The highest BCUT2D eigenvalue weighted by atomic mass is 31.2. The van der Waals surface area contributed by atoms with Crippen molar-refractivity contribution in [2.45, 2.75) is 44.2 Å². The number of hydrogen-bond acceptors (Lipinski definition) is 1. The molecule has 1 saturated carbocycles. The molecule has 196 valence electrons. The van der Waals surface area contributed by atoms with Gasteiger partial charge in [-0.25, -0.2) is 0 Å². The van der Waals surface area contributed by atoms with E-state index in [0.717, 1.165) is 11.7 Å². The van der Waals surface area contributed by atoms with Crippen molar-refractivity contribution in [3.63, 3.8) is 0 Å². The van der Waals surface area contributed by atoms with E-state index in [2.05, 4.69) is 121 Å². The first-order valence-corrected chi connectivity index (χ1v) is 16.1. The van der Waals surface area contributed by atoms with E-state index in [1.165, 1.54) is 53.6 Å². The lowest BCUT2D eigenvalue weighted by Crippen LogP contribution is -2.32. The van der Waals surface area contributed by atoms with Gasteiger partial charge in [0.1, 0.15) is 23.2 Å². The molecule has 0 aromatic heterocycles. The van der Waals surface area contributed by atoms with Crippen LogP contribution in [0.3, 0.4) is 0 Å². The first-order valence-electron chi connectivity index (χ1n) is 14.1. The first-order chi connectivity index (χ1) is 19.3. The van der Waals surface area contributed by atoms with Crippen LogP contribution in [0.2, 0.25) is 0 Å². The van der Waals surface area contributed by atoms with Gasteiger partial charge in [0.05, 0.1) is 6.16 Å². The van der Waals surface area contributed by atoms with Gasteiger partial charge in [0.15, 0.2) is 0 Å². The second-order valence-corrected chi connectivity index (χ2v) is 13.8. The Morgan fingerprint density at radius 3 is 1.36 bits per heavy atom. The Kier molecular flexibility index (Phi) is 9.26. The third-order valence-electron chi connectivity index (χ3n) is 7.82. The Labute approximate surface area is 234 Å². The van der Waals surface area contributed by atoms with Crippen LogP contribution in [0.25, 0.3) is 0 Å². The van der Waals surface area contributed by atoms with Crippen LogP contribution in [-0.2, 0) is 6.16 Å². The molecule has 0 amide bonds. The molecule has 6 rings (SSSR count). The molecule has 39 heavy (non-hydrogen) atoms. The van der Waals surface area contributed by atoms with Crippen molar-refractivity contribution in [3.8, 4) is 5.75 Å². The Hall–Kier alpha value is -3.67. The van der Waals surface area contributed by atoms with E-state index in [0.29, 0.717) is 5.92 Å². The Bertz CT molecular complexity index is 1300. The minimum atomic E-state index is -1.78. The highest BCUT2D eigenvalue weighted by Gasteiger charge is 2.45. The Balaban J connectivity index is 0.000000198. The monoisotopic (exact) mass is 528 g/mol. The Morgan fingerprint density at radius 2 is 0.897 bits per heavy atom. The van der Waals surface area contributed by atoms with Crippen LogP contribution < -0.4 is 21.0 Å². The van der Waals surface area contributed by atoms with E-state index in [4.69, 9.17) is 0 Å². The molecule has 0 spiro atoms. The molecule has 0 saturated heterocycles. The van der Waals surface area contributed by atoms with Gasteiger partial charge in [-0.2, -0.15) is 0 Å².